The minimum Gasteiger partial charge on any atom is -0.454 e. The molecule has 0 bridgehead atoms. The van der Waals surface area contributed by atoms with Crippen LogP contribution in [0.1, 0.15) is 9.67 Å². The van der Waals surface area contributed by atoms with Gasteiger partial charge >= 0.3 is 5.97 Å². The van der Waals surface area contributed by atoms with Gasteiger partial charge in [0.05, 0.1) is 4.90 Å². The summed E-state index contributed by atoms with van der Waals surface area (Å²) in [5.74, 6) is 0.747. The molecule has 7 nitrogen and oxygen atoms in total. The van der Waals surface area contributed by atoms with Crippen LogP contribution in [0.3, 0.4) is 0 Å². The van der Waals surface area contributed by atoms with Crippen molar-refractivity contribution in [3.8, 4) is 17.2 Å². The van der Waals surface area contributed by atoms with Gasteiger partial charge < -0.3 is 14.2 Å². The van der Waals surface area contributed by atoms with E-state index in [1.165, 1.54) is 25.5 Å². The number of fused-ring (bicyclic) bond motifs is 1. The molecule has 0 atom stereocenters. The minimum absolute atomic E-state index is 0.0603. The molecule has 0 radical (unpaired) electrons. The van der Waals surface area contributed by atoms with E-state index in [4.69, 9.17) is 14.2 Å². The van der Waals surface area contributed by atoms with E-state index in [2.05, 4.69) is 0 Å². The Labute approximate surface area is 137 Å². The first-order valence-corrected chi connectivity index (χ1v) is 8.83. The third-order valence-corrected chi connectivity index (χ3v) is 5.96. The Morgan fingerprint density at radius 3 is 2.70 bits per heavy atom. The molecule has 1 aliphatic rings. The van der Waals surface area contributed by atoms with Crippen LogP contribution in [0.4, 0.5) is 0 Å². The van der Waals surface area contributed by atoms with Crippen LogP contribution in [0.5, 0.6) is 17.2 Å². The molecule has 1 aromatic carbocycles. The number of esters is 1. The SMILES string of the molecule is CN(C)S(=O)(=O)c1csc(C(=O)Oc2ccc3c(c2)OCO3)c1. The van der Waals surface area contributed by atoms with Gasteiger partial charge in [-0.15, -0.1) is 11.3 Å². The monoisotopic (exact) mass is 355 g/mol. The van der Waals surface area contributed by atoms with E-state index in [0.717, 1.165) is 15.6 Å². The molecule has 23 heavy (non-hydrogen) atoms. The number of hydrogen-bond donors (Lipinski definition) is 0. The zero-order valence-electron chi connectivity index (χ0n) is 12.3. The molecule has 122 valence electrons. The molecule has 0 unspecified atom stereocenters. The lowest BCUT2D eigenvalue weighted by Gasteiger charge is -2.08. The van der Waals surface area contributed by atoms with Crippen molar-refractivity contribution in [2.24, 2.45) is 0 Å². The van der Waals surface area contributed by atoms with E-state index in [-0.39, 0.29) is 16.6 Å². The van der Waals surface area contributed by atoms with Crippen molar-refractivity contribution < 1.29 is 27.4 Å². The highest BCUT2D eigenvalue weighted by Gasteiger charge is 2.22. The lowest BCUT2D eigenvalue weighted by Crippen LogP contribution is -2.21. The van der Waals surface area contributed by atoms with E-state index in [1.54, 1.807) is 18.2 Å². The summed E-state index contributed by atoms with van der Waals surface area (Å²) < 4.78 is 40.7. The van der Waals surface area contributed by atoms with Crippen LogP contribution >= 0.6 is 11.3 Å². The second-order valence-corrected chi connectivity index (χ2v) is 7.90. The van der Waals surface area contributed by atoms with Crippen LogP contribution in [-0.2, 0) is 10.0 Å². The van der Waals surface area contributed by atoms with Crippen molar-refractivity contribution in [2.45, 2.75) is 4.90 Å². The number of carbonyl (C=O) groups excluding carboxylic acids is 1. The summed E-state index contributed by atoms with van der Waals surface area (Å²) in [6.07, 6.45) is 0. The van der Waals surface area contributed by atoms with Crippen LogP contribution in [-0.4, -0.2) is 39.6 Å². The largest absolute Gasteiger partial charge is 0.454 e. The maximum Gasteiger partial charge on any atom is 0.353 e. The molecule has 9 heteroatoms. The molecule has 0 amide bonds. The molecule has 1 aromatic heterocycles. The molecule has 0 N–H and O–H groups in total. The van der Waals surface area contributed by atoms with Gasteiger partial charge in [0.1, 0.15) is 10.6 Å². The Bertz CT molecular complexity index is 856. The molecule has 3 rings (SSSR count). The van der Waals surface area contributed by atoms with Gasteiger partial charge in [-0.25, -0.2) is 17.5 Å². The van der Waals surface area contributed by atoms with Crippen molar-refractivity contribution >= 4 is 27.3 Å². The molecular formula is C14H13NO6S2. The van der Waals surface area contributed by atoms with Crippen LogP contribution in [0.2, 0.25) is 0 Å². The Kier molecular flexibility index (Phi) is 4.00. The van der Waals surface area contributed by atoms with Gasteiger partial charge in [-0.2, -0.15) is 0 Å². The molecule has 0 aliphatic carbocycles. The molecular weight excluding hydrogens is 342 g/mol. The fraction of sp³-hybridized carbons (Fsp3) is 0.214. The average Bonchev–Trinajstić information content (AvgIpc) is 3.16. The summed E-state index contributed by atoms with van der Waals surface area (Å²) in [6, 6.07) is 6.07. The van der Waals surface area contributed by atoms with E-state index in [9.17, 15) is 13.2 Å². The topological polar surface area (TPSA) is 82.1 Å². The summed E-state index contributed by atoms with van der Waals surface area (Å²) >= 11 is 1.01. The molecule has 0 spiro atoms. The van der Waals surface area contributed by atoms with Gasteiger partial charge in [0.25, 0.3) is 0 Å². The number of thiophene rings is 1. The highest BCUT2D eigenvalue weighted by atomic mass is 32.2. The summed E-state index contributed by atoms with van der Waals surface area (Å²) in [5.41, 5.74) is 0. The normalized spacial score (nSPS) is 13.3. The highest BCUT2D eigenvalue weighted by molar-refractivity contribution is 7.89. The number of hydrogen-bond acceptors (Lipinski definition) is 7. The molecule has 1 aliphatic heterocycles. The Balaban J connectivity index is 1.78. The fourth-order valence-electron chi connectivity index (χ4n) is 1.87. The Morgan fingerprint density at radius 2 is 1.96 bits per heavy atom. The summed E-state index contributed by atoms with van der Waals surface area (Å²) in [6.45, 7) is 0.128. The predicted molar refractivity (Wildman–Crippen MR) is 82.7 cm³/mol. The molecule has 0 saturated heterocycles. The van der Waals surface area contributed by atoms with Crippen molar-refractivity contribution in [3.63, 3.8) is 0 Å². The number of ether oxygens (including phenoxy) is 3. The van der Waals surface area contributed by atoms with Gasteiger partial charge in [-0.05, 0) is 18.2 Å². The maximum absolute atomic E-state index is 12.1. The van der Waals surface area contributed by atoms with Gasteiger partial charge in [-0.1, -0.05) is 0 Å². The third-order valence-electron chi connectivity index (χ3n) is 3.11. The minimum atomic E-state index is -3.57. The van der Waals surface area contributed by atoms with Gasteiger partial charge in [-0.3, -0.25) is 0 Å². The zero-order valence-corrected chi connectivity index (χ0v) is 13.9. The third kappa shape index (κ3) is 3.03. The summed E-state index contributed by atoms with van der Waals surface area (Å²) in [4.78, 5) is 12.4. The van der Waals surface area contributed by atoms with Crippen LogP contribution in [0.15, 0.2) is 34.5 Å². The number of carbonyl (C=O) groups is 1. The van der Waals surface area contributed by atoms with Crippen molar-refractivity contribution in [3.05, 3.63) is 34.5 Å². The molecule has 2 heterocycles. The highest BCUT2D eigenvalue weighted by Crippen LogP contribution is 2.35. The molecule has 0 saturated carbocycles. The van der Waals surface area contributed by atoms with Crippen molar-refractivity contribution in [1.82, 2.24) is 4.31 Å². The standard InChI is InChI=1S/C14H13NO6S2/c1-15(2)23(17,18)10-6-13(22-7-10)14(16)21-9-3-4-11-12(5-9)20-8-19-11/h3-7H,8H2,1-2H3. The smallest absolute Gasteiger partial charge is 0.353 e. The molecule has 0 fully saturated rings. The lowest BCUT2D eigenvalue weighted by molar-refractivity contribution is 0.0739. The lowest BCUT2D eigenvalue weighted by atomic mass is 10.3. The van der Waals surface area contributed by atoms with Crippen LogP contribution in [0.25, 0.3) is 0 Å². The number of benzene rings is 1. The first-order chi connectivity index (χ1) is 10.9. The molecule has 2 aromatic rings. The van der Waals surface area contributed by atoms with Crippen LogP contribution in [0, 0.1) is 0 Å². The number of nitrogens with zero attached hydrogens (tertiary/aromatic N) is 1. The summed E-state index contributed by atoms with van der Waals surface area (Å²) in [7, 11) is -0.715. The van der Waals surface area contributed by atoms with Crippen molar-refractivity contribution in [2.75, 3.05) is 20.9 Å². The van der Waals surface area contributed by atoms with Gasteiger partial charge in [0.15, 0.2) is 11.5 Å². The predicted octanol–water partition coefficient (Wildman–Crippen LogP) is 1.95. The first kappa shape index (κ1) is 15.8. The second kappa shape index (κ2) is 5.84. The number of rotatable bonds is 4. The van der Waals surface area contributed by atoms with Gasteiger partial charge in [0.2, 0.25) is 16.8 Å². The Hall–Kier alpha value is -2.10. The van der Waals surface area contributed by atoms with E-state index in [1.807, 2.05) is 0 Å². The van der Waals surface area contributed by atoms with Crippen molar-refractivity contribution in [1.29, 1.82) is 0 Å². The van der Waals surface area contributed by atoms with E-state index in [0.29, 0.717) is 17.2 Å². The summed E-state index contributed by atoms with van der Waals surface area (Å²) in [5, 5.41) is 1.41. The zero-order chi connectivity index (χ0) is 16.6. The number of sulfonamides is 1. The van der Waals surface area contributed by atoms with Gasteiger partial charge in [0, 0.05) is 25.5 Å². The first-order valence-electron chi connectivity index (χ1n) is 6.51. The van der Waals surface area contributed by atoms with E-state index >= 15 is 0 Å². The Morgan fingerprint density at radius 1 is 1.22 bits per heavy atom. The van der Waals surface area contributed by atoms with Crippen LogP contribution < -0.4 is 14.2 Å². The fourth-order valence-corrected chi connectivity index (χ4v) is 3.91. The van der Waals surface area contributed by atoms with E-state index < -0.39 is 16.0 Å². The quantitative estimate of drug-likeness (QED) is 0.616. The maximum atomic E-state index is 12.1. The second-order valence-electron chi connectivity index (χ2n) is 4.84. The average molecular weight is 355 g/mol.